The predicted molar refractivity (Wildman–Crippen MR) is 95.4 cm³/mol. The Labute approximate surface area is 145 Å². The Bertz CT molecular complexity index is 847. The molecule has 0 N–H and O–H groups in total. The maximum absolute atomic E-state index is 12.1. The molecule has 0 aliphatic rings. The van der Waals surface area contributed by atoms with Gasteiger partial charge in [0.2, 0.25) is 0 Å². The van der Waals surface area contributed by atoms with E-state index in [0.29, 0.717) is 5.71 Å². The third kappa shape index (κ3) is 4.06. The molecule has 122 valence electrons. The summed E-state index contributed by atoms with van der Waals surface area (Å²) in [5.74, 6) is -1.75. The van der Waals surface area contributed by atoms with Gasteiger partial charge in [-0.05, 0) is 0 Å². The Hall–Kier alpha value is -3.53. The predicted octanol–water partition coefficient (Wildman–Crippen LogP) is 3.87. The molecule has 3 rings (SSSR count). The molecule has 0 fully saturated rings. The van der Waals surface area contributed by atoms with Crippen molar-refractivity contribution in [1.82, 2.24) is 0 Å². The minimum Gasteiger partial charge on any atom is -0.308 e. The van der Waals surface area contributed by atoms with E-state index in [2.05, 4.69) is 5.16 Å². The maximum atomic E-state index is 12.1. The molecule has 0 bridgehead atoms. The molecule has 4 nitrogen and oxygen atoms in total. The Morgan fingerprint density at radius 3 is 1.44 bits per heavy atom. The highest BCUT2D eigenvalue weighted by atomic mass is 16.7. The fourth-order valence-corrected chi connectivity index (χ4v) is 2.30. The highest BCUT2D eigenvalue weighted by Gasteiger charge is 2.18. The van der Waals surface area contributed by atoms with E-state index in [0.717, 1.165) is 11.1 Å². The van der Waals surface area contributed by atoms with Crippen LogP contribution in [0, 0.1) is 0 Å². The van der Waals surface area contributed by atoms with Crippen molar-refractivity contribution in [2.45, 2.75) is 0 Å². The van der Waals surface area contributed by atoms with Gasteiger partial charge in [0.25, 0.3) is 5.78 Å². The molecule has 0 aliphatic heterocycles. The lowest BCUT2D eigenvalue weighted by atomic mass is 10.0. The largest absolute Gasteiger partial charge is 0.405 e. The Balaban J connectivity index is 1.87. The molecule has 0 radical (unpaired) electrons. The van der Waals surface area contributed by atoms with Crippen LogP contribution in [0.3, 0.4) is 0 Å². The molecule has 0 saturated carbocycles. The van der Waals surface area contributed by atoms with E-state index in [1.165, 1.54) is 0 Å². The van der Waals surface area contributed by atoms with Crippen molar-refractivity contribution in [2.24, 2.45) is 5.16 Å². The molecule has 3 aromatic rings. The van der Waals surface area contributed by atoms with Crippen LogP contribution in [0.2, 0.25) is 0 Å². The molecule has 0 spiro atoms. The Morgan fingerprint density at radius 1 is 0.600 bits per heavy atom. The second-order valence-electron chi connectivity index (χ2n) is 5.25. The lowest BCUT2D eigenvalue weighted by molar-refractivity contribution is -0.138. The SMILES string of the molecule is O=C(ON=C(c1ccccc1)c1ccccc1)C(=O)c1ccccc1. The van der Waals surface area contributed by atoms with Crippen molar-refractivity contribution >= 4 is 17.5 Å². The summed E-state index contributed by atoms with van der Waals surface area (Å²) in [7, 11) is 0. The average Bonchev–Trinajstić information content (AvgIpc) is 2.70. The first kappa shape index (κ1) is 16.3. The summed E-state index contributed by atoms with van der Waals surface area (Å²) < 4.78 is 0. The van der Waals surface area contributed by atoms with Crippen LogP contribution in [-0.2, 0) is 9.63 Å². The van der Waals surface area contributed by atoms with Crippen molar-refractivity contribution < 1.29 is 14.4 Å². The summed E-state index contributed by atoms with van der Waals surface area (Å²) in [6.45, 7) is 0. The lowest BCUT2D eigenvalue weighted by Gasteiger charge is -2.06. The number of hydrogen-bond acceptors (Lipinski definition) is 4. The van der Waals surface area contributed by atoms with E-state index in [9.17, 15) is 9.59 Å². The van der Waals surface area contributed by atoms with Gasteiger partial charge in [-0.25, -0.2) is 4.79 Å². The quantitative estimate of drug-likeness (QED) is 0.235. The second-order valence-corrected chi connectivity index (χ2v) is 5.25. The van der Waals surface area contributed by atoms with E-state index >= 15 is 0 Å². The van der Waals surface area contributed by atoms with Crippen LogP contribution in [0.15, 0.2) is 96.2 Å². The molecule has 0 amide bonds. The molecule has 0 aliphatic carbocycles. The first-order valence-corrected chi connectivity index (χ1v) is 7.75. The third-order valence-electron chi connectivity index (χ3n) is 3.54. The normalized spacial score (nSPS) is 9.92. The number of carbonyl (C=O) groups excluding carboxylic acids is 2. The van der Waals surface area contributed by atoms with Gasteiger partial charge in [-0.2, -0.15) is 0 Å². The molecule has 3 aromatic carbocycles. The fourth-order valence-electron chi connectivity index (χ4n) is 2.30. The van der Waals surface area contributed by atoms with Crippen molar-refractivity contribution in [1.29, 1.82) is 0 Å². The van der Waals surface area contributed by atoms with Gasteiger partial charge < -0.3 is 4.84 Å². The molecular weight excluding hydrogens is 314 g/mol. The zero-order valence-corrected chi connectivity index (χ0v) is 13.3. The lowest BCUT2D eigenvalue weighted by Crippen LogP contribution is -2.16. The number of hydrogen-bond donors (Lipinski definition) is 0. The van der Waals surface area contributed by atoms with Gasteiger partial charge >= 0.3 is 5.97 Å². The van der Waals surface area contributed by atoms with Crippen LogP contribution in [0.5, 0.6) is 0 Å². The van der Waals surface area contributed by atoms with E-state index in [-0.39, 0.29) is 5.56 Å². The smallest absolute Gasteiger partial charge is 0.308 e. The van der Waals surface area contributed by atoms with Crippen molar-refractivity contribution in [3.8, 4) is 0 Å². The second kappa shape index (κ2) is 7.84. The van der Waals surface area contributed by atoms with Crippen LogP contribution in [0.25, 0.3) is 0 Å². The maximum Gasteiger partial charge on any atom is 0.405 e. The Morgan fingerprint density at radius 2 is 1.00 bits per heavy atom. The number of Topliss-reactive ketones (excluding diaryl/α,β-unsaturated/α-hetero) is 1. The molecule has 0 heterocycles. The van der Waals surface area contributed by atoms with E-state index < -0.39 is 11.8 Å². The van der Waals surface area contributed by atoms with Crippen LogP contribution in [-0.4, -0.2) is 17.5 Å². The topological polar surface area (TPSA) is 55.7 Å². The first-order valence-electron chi connectivity index (χ1n) is 7.75. The molecule has 0 aromatic heterocycles. The minimum atomic E-state index is -1.02. The number of benzene rings is 3. The minimum absolute atomic E-state index is 0.267. The molecule has 0 unspecified atom stereocenters. The number of carbonyl (C=O) groups is 2. The standard InChI is InChI=1S/C21H15NO3/c23-20(18-14-8-3-9-15-18)21(24)25-22-19(16-10-4-1-5-11-16)17-12-6-2-7-13-17/h1-15H. The third-order valence-corrected chi connectivity index (χ3v) is 3.54. The van der Waals surface area contributed by atoms with Gasteiger partial charge in [0.05, 0.1) is 0 Å². The molecule has 25 heavy (non-hydrogen) atoms. The van der Waals surface area contributed by atoms with Crippen molar-refractivity contribution in [2.75, 3.05) is 0 Å². The van der Waals surface area contributed by atoms with Crippen LogP contribution in [0.1, 0.15) is 21.5 Å². The van der Waals surface area contributed by atoms with Gasteiger partial charge in [0.1, 0.15) is 5.71 Å². The van der Waals surface area contributed by atoms with Crippen LogP contribution < -0.4 is 0 Å². The summed E-state index contributed by atoms with van der Waals surface area (Å²) >= 11 is 0. The number of rotatable bonds is 5. The summed E-state index contributed by atoms with van der Waals surface area (Å²) in [5, 5.41) is 3.96. The van der Waals surface area contributed by atoms with Gasteiger partial charge in [0, 0.05) is 16.7 Å². The number of ketones is 1. The highest BCUT2D eigenvalue weighted by molar-refractivity contribution is 6.40. The van der Waals surface area contributed by atoms with Crippen LogP contribution >= 0.6 is 0 Å². The number of nitrogens with zero attached hydrogens (tertiary/aromatic N) is 1. The summed E-state index contributed by atoms with van der Waals surface area (Å²) in [6, 6.07) is 26.9. The van der Waals surface area contributed by atoms with Gasteiger partial charge in [-0.1, -0.05) is 96.2 Å². The highest BCUT2D eigenvalue weighted by Crippen LogP contribution is 2.12. The fraction of sp³-hybridized carbons (Fsp3) is 0. The van der Waals surface area contributed by atoms with Gasteiger partial charge in [-0.3, -0.25) is 4.79 Å². The monoisotopic (exact) mass is 329 g/mol. The zero-order valence-electron chi connectivity index (χ0n) is 13.3. The average molecular weight is 329 g/mol. The van der Waals surface area contributed by atoms with Crippen molar-refractivity contribution in [3.63, 3.8) is 0 Å². The van der Waals surface area contributed by atoms with Gasteiger partial charge in [-0.15, -0.1) is 0 Å². The number of oxime groups is 1. The zero-order chi connectivity index (χ0) is 17.5. The van der Waals surface area contributed by atoms with Crippen molar-refractivity contribution in [3.05, 3.63) is 108 Å². The molecular formula is C21H15NO3. The molecule has 0 saturated heterocycles. The van der Waals surface area contributed by atoms with Gasteiger partial charge in [0.15, 0.2) is 0 Å². The van der Waals surface area contributed by atoms with E-state index in [4.69, 9.17) is 4.84 Å². The summed E-state index contributed by atoms with van der Waals surface area (Å²) in [5.41, 5.74) is 2.32. The summed E-state index contributed by atoms with van der Waals surface area (Å²) in [4.78, 5) is 29.0. The summed E-state index contributed by atoms with van der Waals surface area (Å²) in [6.07, 6.45) is 0. The first-order chi connectivity index (χ1) is 12.3. The van der Waals surface area contributed by atoms with E-state index in [1.54, 1.807) is 30.3 Å². The van der Waals surface area contributed by atoms with Crippen LogP contribution in [0.4, 0.5) is 0 Å². The molecule has 4 heteroatoms. The van der Waals surface area contributed by atoms with E-state index in [1.807, 2.05) is 60.7 Å². The Kier molecular flexibility index (Phi) is 5.12. The molecule has 0 atom stereocenters.